The van der Waals surface area contributed by atoms with Crippen LogP contribution in [0.5, 0.6) is 0 Å². The molecule has 2 heteroatoms. The smallest absolute Gasteiger partial charge is 0.137 e. The molecule has 59 heavy (non-hydrogen) atoms. The minimum atomic E-state index is 0.875. The molecule has 0 unspecified atom stereocenters. The first-order valence-corrected chi connectivity index (χ1v) is 20.3. The lowest BCUT2D eigenvalue weighted by Gasteiger charge is -2.26. The molecular weight excluding hydrogens is 713 g/mol. The SMILES string of the molecule is c1ccc(-c2c3c(c(-c4ccccc4)c4ccccc24)-c2ccc(-c4ccc(N(c5ccccn5)c5cc6ccccc6c6ccccc56)cc4)c4cccc-3c24)cc1. The van der Waals surface area contributed by atoms with Crippen molar-refractivity contribution in [1.82, 2.24) is 4.98 Å². The van der Waals surface area contributed by atoms with E-state index < -0.39 is 0 Å². The lowest BCUT2D eigenvalue weighted by molar-refractivity contribution is 1.19. The van der Waals surface area contributed by atoms with Crippen LogP contribution >= 0.6 is 0 Å². The van der Waals surface area contributed by atoms with Gasteiger partial charge in [-0.25, -0.2) is 4.98 Å². The van der Waals surface area contributed by atoms with E-state index in [-0.39, 0.29) is 0 Å². The molecule has 1 aliphatic carbocycles. The van der Waals surface area contributed by atoms with E-state index in [1.807, 2.05) is 12.3 Å². The molecule has 0 fully saturated rings. The monoisotopic (exact) mass is 748 g/mol. The molecule has 0 saturated heterocycles. The van der Waals surface area contributed by atoms with Crippen LogP contribution in [0.2, 0.25) is 0 Å². The molecule has 0 N–H and O–H groups in total. The van der Waals surface area contributed by atoms with Crippen LogP contribution in [0.4, 0.5) is 17.2 Å². The number of hydrogen-bond donors (Lipinski definition) is 0. The average Bonchev–Trinajstić information content (AvgIpc) is 3.64. The summed E-state index contributed by atoms with van der Waals surface area (Å²) < 4.78 is 0. The number of rotatable bonds is 6. The van der Waals surface area contributed by atoms with E-state index in [9.17, 15) is 0 Å². The van der Waals surface area contributed by atoms with Gasteiger partial charge in [0.05, 0.1) is 5.69 Å². The second-order valence-electron chi connectivity index (χ2n) is 15.4. The largest absolute Gasteiger partial charge is 0.294 e. The predicted octanol–water partition coefficient (Wildman–Crippen LogP) is 15.8. The van der Waals surface area contributed by atoms with Gasteiger partial charge in [0.1, 0.15) is 5.82 Å². The highest BCUT2D eigenvalue weighted by Crippen LogP contribution is 2.58. The third-order valence-electron chi connectivity index (χ3n) is 12.2. The first-order valence-electron chi connectivity index (χ1n) is 20.3. The molecule has 0 radical (unpaired) electrons. The molecule has 2 nitrogen and oxygen atoms in total. The maximum Gasteiger partial charge on any atom is 0.137 e. The summed E-state index contributed by atoms with van der Waals surface area (Å²) in [5, 5.41) is 9.97. The number of aromatic nitrogens is 1. The van der Waals surface area contributed by atoms with Gasteiger partial charge < -0.3 is 0 Å². The second kappa shape index (κ2) is 13.4. The van der Waals surface area contributed by atoms with E-state index in [1.165, 1.54) is 98.7 Å². The molecular formula is C57H36N2. The Morgan fingerprint density at radius 1 is 0.322 bits per heavy atom. The quantitative estimate of drug-likeness (QED) is 0.157. The molecule has 0 aliphatic heterocycles. The number of pyridine rings is 1. The van der Waals surface area contributed by atoms with Gasteiger partial charge in [-0.05, 0) is 124 Å². The third-order valence-corrected chi connectivity index (χ3v) is 12.2. The number of fused-ring (bicyclic) bond motifs is 7. The fourth-order valence-corrected chi connectivity index (χ4v) is 9.75. The van der Waals surface area contributed by atoms with Crippen LogP contribution in [0, 0.1) is 0 Å². The Hall–Kier alpha value is -7.81. The van der Waals surface area contributed by atoms with Crippen molar-refractivity contribution in [2.45, 2.75) is 0 Å². The Balaban J connectivity index is 1.06. The molecule has 1 aromatic heterocycles. The van der Waals surface area contributed by atoms with Crippen molar-refractivity contribution in [3.63, 3.8) is 0 Å². The van der Waals surface area contributed by atoms with Crippen LogP contribution in [-0.4, -0.2) is 4.98 Å². The van der Waals surface area contributed by atoms with Gasteiger partial charge in [0.25, 0.3) is 0 Å². The average molecular weight is 749 g/mol. The molecule has 0 bridgehead atoms. The van der Waals surface area contributed by atoms with Crippen molar-refractivity contribution in [2.75, 3.05) is 4.90 Å². The Morgan fingerprint density at radius 3 is 1.53 bits per heavy atom. The normalized spacial score (nSPS) is 11.7. The molecule has 0 spiro atoms. The van der Waals surface area contributed by atoms with Crippen LogP contribution in [0.3, 0.4) is 0 Å². The van der Waals surface area contributed by atoms with Crippen molar-refractivity contribution < 1.29 is 0 Å². The van der Waals surface area contributed by atoms with Crippen molar-refractivity contribution in [2.24, 2.45) is 0 Å². The fraction of sp³-hybridized carbons (Fsp3) is 0. The summed E-state index contributed by atoms with van der Waals surface area (Å²) in [5.74, 6) is 0.875. The Bertz CT molecular complexity index is 3320. The first kappa shape index (κ1) is 33.3. The van der Waals surface area contributed by atoms with E-state index in [2.05, 4.69) is 211 Å². The van der Waals surface area contributed by atoms with E-state index in [4.69, 9.17) is 4.98 Å². The summed E-state index contributed by atoms with van der Waals surface area (Å²) in [5.41, 5.74) is 14.8. The van der Waals surface area contributed by atoms with Crippen molar-refractivity contribution in [3.05, 3.63) is 219 Å². The Kier molecular flexibility index (Phi) is 7.57. The zero-order valence-corrected chi connectivity index (χ0v) is 32.2. The topological polar surface area (TPSA) is 16.1 Å². The minimum absolute atomic E-state index is 0.875. The van der Waals surface area contributed by atoms with E-state index >= 15 is 0 Å². The highest BCUT2D eigenvalue weighted by Gasteiger charge is 2.31. The summed E-state index contributed by atoms with van der Waals surface area (Å²) in [6.07, 6.45) is 1.88. The van der Waals surface area contributed by atoms with Crippen LogP contribution in [0.15, 0.2) is 219 Å². The van der Waals surface area contributed by atoms with Gasteiger partial charge in [-0.15, -0.1) is 0 Å². The fourth-order valence-electron chi connectivity index (χ4n) is 9.75. The molecule has 11 aromatic rings. The van der Waals surface area contributed by atoms with Gasteiger partial charge in [0.2, 0.25) is 0 Å². The van der Waals surface area contributed by atoms with E-state index in [0.717, 1.165) is 17.2 Å². The first-order chi connectivity index (χ1) is 29.3. The third kappa shape index (κ3) is 5.17. The van der Waals surface area contributed by atoms with E-state index in [1.54, 1.807) is 0 Å². The van der Waals surface area contributed by atoms with Crippen LogP contribution < -0.4 is 4.90 Å². The van der Waals surface area contributed by atoms with Crippen LogP contribution in [0.25, 0.3) is 98.7 Å². The minimum Gasteiger partial charge on any atom is -0.294 e. The summed E-state index contributed by atoms with van der Waals surface area (Å²) in [4.78, 5) is 7.19. The molecule has 0 saturated carbocycles. The Morgan fingerprint density at radius 2 is 0.864 bits per heavy atom. The number of nitrogens with zero attached hydrogens (tertiary/aromatic N) is 2. The molecule has 0 atom stereocenters. The molecule has 12 rings (SSSR count). The van der Waals surface area contributed by atoms with Crippen LogP contribution in [-0.2, 0) is 0 Å². The van der Waals surface area contributed by atoms with Gasteiger partial charge >= 0.3 is 0 Å². The summed E-state index contributed by atoms with van der Waals surface area (Å²) in [7, 11) is 0. The van der Waals surface area contributed by atoms with Gasteiger partial charge in [-0.1, -0.05) is 182 Å². The van der Waals surface area contributed by atoms with Crippen molar-refractivity contribution in [1.29, 1.82) is 0 Å². The van der Waals surface area contributed by atoms with Gasteiger partial charge in [-0.2, -0.15) is 0 Å². The highest BCUT2D eigenvalue weighted by molar-refractivity contribution is 6.29. The number of anilines is 3. The predicted molar refractivity (Wildman–Crippen MR) is 250 cm³/mol. The number of benzene rings is 10. The van der Waals surface area contributed by atoms with Crippen molar-refractivity contribution in [3.8, 4) is 55.6 Å². The molecule has 274 valence electrons. The van der Waals surface area contributed by atoms with Crippen molar-refractivity contribution >= 4 is 60.3 Å². The zero-order valence-electron chi connectivity index (χ0n) is 32.2. The summed E-state index contributed by atoms with van der Waals surface area (Å²) in [6, 6.07) is 77.3. The maximum absolute atomic E-state index is 4.89. The van der Waals surface area contributed by atoms with E-state index in [0.29, 0.717) is 0 Å². The lowest BCUT2D eigenvalue weighted by Crippen LogP contribution is -2.12. The van der Waals surface area contributed by atoms with Gasteiger partial charge in [0, 0.05) is 17.3 Å². The summed E-state index contributed by atoms with van der Waals surface area (Å²) in [6.45, 7) is 0. The van der Waals surface area contributed by atoms with Gasteiger partial charge in [0.15, 0.2) is 0 Å². The maximum atomic E-state index is 4.89. The molecule has 10 aromatic carbocycles. The molecule has 1 aliphatic rings. The Labute approximate surface area is 342 Å². The highest BCUT2D eigenvalue weighted by atomic mass is 15.2. The van der Waals surface area contributed by atoms with Gasteiger partial charge in [-0.3, -0.25) is 4.90 Å². The standard InChI is InChI=1S/C57H36N2/c1-3-16-38(17-4-1)53-47-24-11-12-25-48(47)54(39-18-5-2-6-19-39)57-50-34-33-43(46-26-15-27-49(55(46)50)56(53)57)37-29-31-41(32-30-37)59(52-28-13-14-35-58-52)51-36-40-20-7-8-21-42(40)44-22-9-10-23-45(44)51/h1-36H. The number of hydrogen-bond acceptors (Lipinski definition) is 2. The lowest BCUT2D eigenvalue weighted by atomic mass is 9.82. The zero-order chi connectivity index (χ0) is 38.9. The second-order valence-corrected chi connectivity index (χ2v) is 15.4. The molecule has 0 amide bonds. The molecule has 1 heterocycles. The van der Waals surface area contributed by atoms with Crippen LogP contribution in [0.1, 0.15) is 0 Å². The summed E-state index contributed by atoms with van der Waals surface area (Å²) >= 11 is 0.